The Labute approximate surface area is 194 Å². The third kappa shape index (κ3) is 6.26. The molecule has 6 nitrogen and oxygen atoms in total. The summed E-state index contributed by atoms with van der Waals surface area (Å²) in [6.45, 7) is 3.01. The smallest absolute Gasteiger partial charge is 0.294 e. The number of hydrogen-bond acceptors (Lipinski definition) is 6. The molecule has 0 aliphatic carbocycles. The van der Waals surface area contributed by atoms with Crippen LogP contribution in [-0.2, 0) is 11.2 Å². The maximum Gasteiger partial charge on any atom is 0.294 e. The molecule has 1 amide bonds. The number of fused-ring (bicyclic) bond motifs is 1. The van der Waals surface area contributed by atoms with Gasteiger partial charge in [-0.05, 0) is 75.0 Å². The van der Waals surface area contributed by atoms with E-state index in [0.29, 0.717) is 36.6 Å². The van der Waals surface area contributed by atoms with Crippen molar-refractivity contribution in [2.45, 2.75) is 24.2 Å². The van der Waals surface area contributed by atoms with Crippen LogP contribution in [-0.4, -0.2) is 74.7 Å². The average Bonchev–Trinajstić information content (AvgIpc) is 2.93. The van der Waals surface area contributed by atoms with E-state index in [1.54, 1.807) is 18.1 Å². The van der Waals surface area contributed by atoms with Gasteiger partial charge in [-0.2, -0.15) is 0 Å². The number of benzene rings is 2. The molecule has 0 atom stereocenters. The SMILES string of the molecule is COc1cc2c(cc1OC)C(=O)C(=O)N(CCCN(C)CCCSc1ccccc1)CC2. The van der Waals surface area contributed by atoms with E-state index in [0.717, 1.165) is 37.2 Å². The summed E-state index contributed by atoms with van der Waals surface area (Å²) in [5, 5.41) is 0. The fourth-order valence-corrected chi connectivity index (χ4v) is 4.71. The van der Waals surface area contributed by atoms with E-state index in [1.165, 1.54) is 12.0 Å². The summed E-state index contributed by atoms with van der Waals surface area (Å²) in [6.07, 6.45) is 2.57. The maximum atomic E-state index is 12.8. The molecule has 0 unspecified atom stereocenters. The predicted octanol–water partition coefficient (Wildman–Crippen LogP) is 3.78. The van der Waals surface area contributed by atoms with E-state index >= 15 is 0 Å². The Morgan fingerprint density at radius 2 is 1.69 bits per heavy atom. The number of ketones is 1. The maximum absolute atomic E-state index is 12.8. The minimum absolute atomic E-state index is 0.420. The average molecular weight is 457 g/mol. The Balaban J connectivity index is 1.45. The Morgan fingerprint density at radius 1 is 1.00 bits per heavy atom. The number of methoxy groups -OCH3 is 2. The van der Waals surface area contributed by atoms with Gasteiger partial charge in [-0.25, -0.2) is 0 Å². The Hall–Kier alpha value is -2.51. The quantitative estimate of drug-likeness (QED) is 0.291. The number of amides is 1. The molecular formula is C25H32N2O4S. The monoisotopic (exact) mass is 456 g/mol. The van der Waals surface area contributed by atoms with Crippen LogP contribution in [0.2, 0.25) is 0 Å². The number of ether oxygens (including phenoxy) is 2. The predicted molar refractivity (Wildman–Crippen MR) is 128 cm³/mol. The lowest BCUT2D eigenvalue weighted by Gasteiger charge is -2.22. The number of carbonyl (C=O) groups is 2. The lowest BCUT2D eigenvalue weighted by Crippen LogP contribution is -2.38. The minimum Gasteiger partial charge on any atom is -0.493 e. The Morgan fingerprint density at radius 3 is 2.41 bits per heavy atom. The van der Waals surface area contributed by atoms with E-state index < -0.39 is 11.7 Å². The van der Waals surface area contributed by atoms with Gasteiger partial charge in [0.2, 0.25) is 0 Å². The van der Waals surface area contributed by atoms with E-state index in [-0.39, 0.29) is 0 Å². The van der Waals surface area contributed by atoms with Crippen molar-refractivity contribution in [3.05, 3.63) is 53.6 Å². The standard InChI is InChI=1S/C25H32N2O4S/c1-26(13-8-16-32-20-9-5-4-6-10-20)12-7-14-27-15-11-19-17-22(30-2)23(31-3)18-21(19)24(28)25(27)29/h4-6,9-10,17-18H,7-8,11-16H2,1-3H3. The van der Waals surface area contributed by atoms with Crippen LogP contribution < -0.4 is 9.47 Å². The normalized spacial score (nSPS) is 13.8. The third-order valence-electron chi connectivity index (χ3n) is 5.65. The summed E-state index contributed by atoms with van der Waals surface area (Å²) in [5.41, 5.74) is 1.25. The van der Waals surface area contributed by atoms with Gasteiger partial charge < -0.3 is 19.3 Å². The minimum atomic E-state index is -0.468. The summed E-state index contributed by atoms with van der Waals surface area (Å²) >= 11 is 1.88. The van der Waals surface area contributed by atoms with Crippen LogP contribution in [0.25, 0.3) is 0 Å². The summed E-state index contributed by atoms with van der Waals surface area (Å²) in [7, 11) is 5.20. The second-order valence-corrected chi connectivity index (χ2v) is 9.08. The Bertz CT molecular complexity index is 920. The third-order valence-corrected chi connectivity index (χ3v) is 6.75. The van der Waals surface area contributed by atoms with Crippen molar-refractivity contribution in [1.82, 2.24) is 9.80 Å². The molecule has 172 valence electrons. The van der Waals surface area contributed by atoms with Crippen LogP contribution in [0.15, 0.2) is 47.4 Å². The number of carbonyl (C=O) groups excluding carboxylic acids is 2. The van der Waals surface area contributed by atoms with Crippen molar-refractivity contribution in [2.24, 2.45) is 0 Å². The first-order valence-electron chi connectivity index (χ1n) is 11.0. The summed E-state index contributed by atoms with van der Waals surface area (Å²) < 4.78 is 10.6. The number of hydrogen-bond donors (Lipinski definition) is 0. The zero-order valence-electron chi connectivity index (χ0n) is 19.1. The highest BCUT2D eigenvalue weighted by Crippen LogP contribution is 2.32. The molecule has 0 radical (unpaired) electrons. The molecular weight excluding hydrogens is 424 g/mol. The van der Waals surface area contributed by atoms with Crippen molar-refractivity contribution >= 4 is 23.5 Å². The van der Waals surface area contributed by atoms with Gasteiger partial charge in [0.1, 0.15) is 0 Å². The largest absolute Gasteiger partial charge is 0.493 e. The molecule has 1 aliphatic heterocycles. The van der Waals surface area contributed by atoms with Gasteiger partial charge in [0.05, 0.1) is 14.2 Å². The molecule has 0 saturated heterocycles. The first-order valence-corrected chi connectivity index (χ1v) is 12.0. The summed E-state index contributed by atoms with van der Waals surface area (Å²) in [6, 6.07) is 13.9. The molecule has 0 bridgehead atoms. The summed E-state index contributed by atoms with van der Waals surface area (Å²) in [5.74, 6) is 1.22. The zero-order valence-corrected chi connectivity index (χ0v) is 20.0. The van der Waals surface area contributed by atoms with Gasteiger partial charge in [-0.15, -0.1) is 11.8 Å². The number of nitrogens with zero attached hydrogens (tertiary/aromatic N) is 2. The van der Waals surface area contributed by atoms with Crippen LogP contribution >= 0.6 is 11.8 Å². The molecule has 2 aromatic rings. The lowest BCUT2D eigenvalue weighted by atomic mass is 10.0. The van der Waals surface area contributed by atoms with Crippen LogP contribution in [0, 0.1) is 0 Å². The highest BCUT2D eigenvalue weighted by Gasteiger charge is 2.30. The molecule has 3 rings (SSSR count). The van der Waals surface area contributed by atoms with Gasteiger partial charge in [0.15, 0.2) is 11.5 Å². The fraction of sp³-hybridized carbons (Fsp3) is 0.440. The van der Waals surface area contributed by atoms with E-state index in [2.05, 4.69) is 36.2 Å². The van der Waals surface area contributed by atoms with Gasteiger partial charge in [-0.1, -0.05) is 18.2 Å². The van der Waals surface area contributed by atoms with Gasteiger partial charge in [0, 0.05) is 23.5 Å². The topological polar surface area (TPSA) is 59.1 Å². The van der Waals surface area contributed by atoms with Crippen LogP contribution in [0.4, 0.5) is 0 Å². The molecule has 1 heterocycles. The number of rotatable bonds is 11. The molecule has 7 heteroatoms. The van der Waals surface area contributed by atoms with Gasteiger partial charge in [0.25, 0.3) is 11.7 Å². The van der Waals surface area contributed by atoms with E-state index in [9.17, 15) is 9.59 Å². The Kier molecular flexibility index (Phi) is 9.00. The van der Waals surface area contributed by atoms with Crippen LogP contribution in [0.3, 0.4) is 0 Å². The fourth-order valence-electron chi connectivity index (χ4n) is 3.85. The van der Waals surface area contributed by atoms with Crippen molar-refractivity contribution < 1.29 is 19.1 Å². The van der Waals surface area contributed by atoms with Crippen LogP contribution in [0.1, 0.15) is 28.8 Å². The highest BCUT2D eigenvalue weighted by atomic mass is 32.2. The molecule has 2 aromatic carbocycles. The first-order chi connectivity index (χ1) is 15.5. The highest BCUT2D eigenvalue weighted by molar-refractivity contribution is 7.99. The molecule has 0 aromatic heterocycles. The molecule has 0 spiro atoms. The molecule has 1 aliphatic rings. The molecule has 0 N–H and O–H groups in total. The summed E-state index contributed by atoms with van der Waals surface area (Å²) in [4.78, 5) is 30.8. The van der Waals surface area contributed by atoms with E-state index in [4.69, 9.17) is 9.47 Å². The van der Waals surface area contributed by atoms with Gasteiger partial charge in [-0.3, -0.25) is 9.59 Å². The molecule has 0 saturated carbocycles. The first kappa shape index (κ1) is 24.1. The van der Waals surface area contributed by atoms with Crippen molar-refractivity contribution in [2.75, 3.05) is 53.2 Å². The number of Topliss-reactive ketones (excluding diaryl/α,β-unsaturated/α-hetero) is 1. The van der Waals surface area contributed by atoms with Crippen molar-refractivity contribution in [3.63, 3.8) is 0 Å². The van der Waals surface area contributed by atoms with E-state index in [1.807, 2.05) is 23.9 Å². The van der Waals surface area contributed by atoms with Crippen molar-refractivity contribution in [3.8, 4) is 11.5 Å². The van der Waals surface area contributed by atoms with Gasteiger partial charge >= 0.3 is 0 Å². The molecule has 0 fully saturated rings. The lowest BCUT2D eigenvalue weighted by molar-refractivity contribution is -0.126. The second kappa shape index (κ2) is 11.9. The molecule has 32 heavy (non-hydrogen) atoms. The van der Waals surface area contributed by atoms with Crippen molar-refractivity contribution in [1.29, 1.82) is 0 Å². The van der Waals surface area contributed by atoms with Crippen LogP contribution in [0.5, 0.6) is 11.5 Å². The number of thioether (sulfide) groups is 1. The second-order valence-electron chi connectivity index (χ2n) is 7.91. The zero-order chi connectivity index (χ0) is 22.9.